The SMILES string of the molecule is CC(C)OC(=O)[C@H](C)N[P@](=O)(OC[C@@]1(F)OC(n2cnc3c(=O)[nH]c(N)nc32)[C@H](O)[C@@H]1O)Oc1ccccc1. The number of rotatable bonds is 10. The minimum absolute atomic E-state index is 0.0650. The molecule has 3 heterocycles. The molecule has 6 atom stereocenters. The second kappa shape index (κ2) is 11.0. The summed E-state index contributed by atoms with van der Waals surface area (Å²) < 4.78 is 51.7. The van der Waals surface area contributed by atoms with Gasteiger partial charge >= 0.3 is 13.7 Å². The van der Waals surface area contributed by atoms with E-state index in [0.717, 1.165) is 10.9 Å². The number of aliphatic hydroxyl groups excluding tert-OH is 2. The van der Waals surface area contributed by atoms with Gasteiger partial charge in [0.25, 0.3) is 11.4 Å². The number of imidazole rings is 1. The first-order valence-electron chi connectivity index (χ1n) is 11.7. The third-order valence-corrected chi connectivity index (χ3v) is 7.18. The number of nitrogen functional groups attached to an aromatic ring is 1. The van der Waals surface area contributed by atoms with E-state index in [4.69, 9.17) is 24.3 Å². The Morgan fingerprint density at radius 2 is 2.03 bits per heavy atom. The van der Waals surface area contributed by atoms with E-state index in [1.54, 1.807) is 32.0 Å². The highest BCUT2D eigenvalue weighted by Crippen LogP contribution is 2.48. The van der Waals surface area contributed by atoms with Crippen LogP contribution in [0.5, 0.6) is 5.75 Å². The Balaban J connectivity index is 1.57. The van der Waals surface area contributed by atoms with Crippen LogP contribution in [0.4, 0.5) is 10.3 Å². The lowest BCUT2D eigenvalue weighted by Gasteiger charge is -2.27. The zero-order valence-corrected chi connectivity index (χ0v) is 21.9. The fourth-order valence-electron chi connectivity index (χ4n) is 3.73. The average Bonchev–Trinajstić information content (AvgIpc) is 3.38. The average molecular weight is 570 g/mol. The number of nitrogens with one attached hydrogen (secondary N) is 2. The number of hydrogen-bond acceptors (Lipinski definition) is 12. The molecule has 0 spiro atoms. The second-order valence-corrected chi connectivity index (χ2v) is 10.7. The fourth-order valence-corrected chi connectivity index (χ4v) is 5.23. The highest BCUT2D eigenvalue weighted by Gasteiger charge is 2.57. The second-order valence-electron chi connectivity index (χ2n) is 9.02. The van der Waals surface area contributed by atoms with Crippen molar-refractivity contribution in [1.82, 2.24) is 24.6 Å². The number of H-pyrrole nitrogens is 1. The fraction of sp³-hybridized carbons (Fsp3) is 0.455. The number of esters is 1. The van der Waals surface area contributed by atoms with Gasteiger partial charge in [-0.05, 0) is 32.9 Å². The van der Waals surface area contributed by atoms with Gasteiger partial charge in [-0.25, -0.2) is 13.9 Å². The van der Waals surface area contributed by atoms with Gasteiger partial charge in [0.15, 0.2) is 17.4 Å². The molecule has 15 nitrogen and oxygen atoms in total. The topological polar surface area (TPSA) is 213 Å². The minimum Gasteiger partial charge on any atom is -0.462 e. The Morgan fingerprint density at radius 3 is 2.69 bits per heavy atom. The maximum Gasteiger partial charge on any atom is 0.459 e. The Kier molecular flexibility index (Phi) is 8.07. The molecule has 1 saturated heterocycles. The highest BCUT2D eigenvalue weighted by atomic mass is 31.2. The Bertz CT molecular complexity index is 1440. The molecule has 0 amide bonds. The third kappa shape index (κ3) is 6.11. The number of carbonyl (C=O) groups is 1. The van der Waals surface area contributed by atoms with Crippen LogP contribution in [0, 0.1) is 0 Å². The molecule has 39 heavy (non-hydrogen) atoms. The summed E-state index contributed by atoms with van der Waals surface area (Å²) in [5.41, 5.74) is 4.57. The van der Waals surface area contributed by atoms with E-state index in [1.165, 1.54) is 19.1 Å². The van der Waals surface area contributed by atoms with E-state index >= 15 is 4.39 Å². The maximum absolute atomic E-state index is 15.9. The number of hydrogen-bond donors (Lipinski definition) is 5. The summed E-state index contributed by atoms with van der Waals surface area (Å²) in [7, 11) is -4.53. The monoisotopic (exact) mass is 570 g/mol. The van der Waals surface area contributed by atoms with Crippen LogP contribution in [-0.4, -0.2) is 72.5 Å². The van der Waals surface area contributed by atoms with Crippen molar-refractivity contribution in [3.63, 3.8) is 0 Å². The van der Waals surface area contributed by atoms with Crippen LogP contribution in [0.25, 0.3) is 11.2 Å². The molecule has 1 fully saturated rings. The van der Waals surface area contributed by atoms with E-state index in [1.807, 2.05) is 0 Å². The van der Waals surface area contributed by atoms with Gasteiger partial charge in [-0.1, -0.05) is 18.2 Å². The van der Waals surface area contributed by atoms with Gasteiger partial charge in [0.05, 0.1) is 12.4 Å². The van der Waals surface area contributed by atoms with Crippen molar-refractivity contribution in [3.05, 3.63) is 47.0 Å². The molecule has 0 bridgehead atoms. The van der Waals surface area contributed by atoms with Gasteiger partial charge in [-0.2, -0.15) is 10.1 Å². The lowest BCUT2D eigenvalue weighted by atomic mass is 10.1. The number of alkyl halides is 1. The normalized spacial score (nSPS) is 25.5. The van der Waals surface area contributed by atoms with Crippen molar-refractivity contribution in [2.75, 3.05) is 12.3 Å². The summed E-state index contributed by atoms with van der Waals surface area (Å²) in [5.74, 6) is -4.11. The number of aliphatic hydroxyl groups is 2. The van der Waals surface area contributed by atoms with Gasteiger partial charge < -0.3 is 29.9 Å². The van der Waals surface area contributed by atoms with E-state index < -0.39 is 62.3 Å². The first-order chi connectivity index (χ1) is 18.3. The highest BCUT2D eigenvalue weighted by molar-refractivity contribution is 7.52. The van der Waals surface area contributed by atoms with Gasteiger partial charge in [0.1, 0.15) is 30.6 Å². The van der Waals surface area contributed by atoms with Crippen molar-refractivity contribution in [2.24, 2.45) is 0 Å². The number of aromatic amines is 1. The lowest BCUT2D eigenvalue weighted by Crippen LogP contribution is -2.44. The standard InChI is InChI=1S/C22H28FN6O9P/c1-11(2)36-20(33)12(3)28-39(34,38-13-7-5-4-6-8-13)35-9-22(23)16(31)15(30)19(37-22)29-10-25-14-17(29)26-21(24)27-18(14)32/h4-8,10-12,15-16,19,30-31H,9H2,1-3H3,(H,28,34)(H3,24,26,27,32)/t12-,15+,16-,19?,22+,39-/m0/s1. The molecule has 1 aliphatic heterocycles. The van der Waals surface area contributed by atoms with Gasteiger partial charge in [-0.15, -0.1) is 0 Å². The molecule has 1 aromatic carbocycles. The number of para-hydroxylation sites is 1. The quantitative estimate of drug-likeness (QED) is 0.168. The largest absolute Gasteiger partial charge is 0.462 e. The number of aromatic nitrogens is 4. The molecule has 6 N–H and O–H groups in total. The minimum atomic E-state index is -4.53. The number of fused-ring (bicyclic) bond motifs is 1. The van der Waals surface area contributed by atoms with Crippen LogP contribution in [-0.2, 0) is 23.4 Å². The van der Waals surface area contributed by atoms with Gasteiger partial charge in [-0.3, -0.25) is 23.7 Å². The molecule has 1 unspecified atom stereocenters. The van der Waals surface area contributed by atoms with Crippen molar-refractivity contribution < 1.29 is 42.5 Å². The number of nitrogens with two attached hydrogens (primary N) is 1. The van der Waals surface area contributed by atoms with Crippen LogP contribution in [0.3, 0.4) is 0 Å². The van der Waals surface area contributed by atoms with Crippen LogP contribution < -0.4 is 20.9 Å². The summed E-state index contributed by atoms with van der Waals surface area (Å²) in [5, 5.41) is 23.5. The Labute approximate surface area is 220 Å². The summed E-state index contributed by atoms with van der Waals surface area (Å²) in [6, 6.07) is 6.53. The molecule has 1 aliphatic rings. The van der Waals surface area contributed by atoms with Crippen LogP contribution in [0.1, 0.15) is 27.0 Å². The first kappa shape index (κ1) is 28.6. The number of halogens is 1. The first-order valence-corrected chi connectivity index (χ1v) is 13.3. The molecular weight excluding hydrogens is 542 g/mol. The molecule has 17 heteroatoms. The van der Waals surface area contributed by atoms with Gasteiger partial charge in [0.2, 0.25) is 5.95 Å². The zero-order valence-electron chi connectivity index (χ0n) is 21.1. The van der Waals surface area contributed by atoms with Crippen molar-refractivity contribution in [1.29, 1.82) is 0 Å². The summed E-state index contributed by atoms with van der Waals surface area (Å²) in [4.78, 5) is 34.4. The molecule has 0 aliphatic carbocycles. The van der Waals surface area contributed by atoms with Crippen molar-refractivity contribution >= 4 is 30.8 Å². The van der Waals surface area contributed by atoms with Gasteiger partial charge in [0, 0.05) is 0 Å². The molecule has 212 valence electrons. The number of ether oxygens (including phenoxy) is 2. The smallest absolute Gasteiger partial charge is 0.459 e. The third-order valence-electron chi connectivity index (χ3n) is 5.56. The number of nitrogens with zero attached hydrogens (tertiary/aromatic N) is 3. The number of carbonyl (C=O) groups excluding carboxylic acids is 1. The van der Waals surface area contributed by atoms with Crippen molar-refractivity contribution in [2.45, 2.75) is 57.2 Å². The summed E-state index contributed by atoms with van der Waals surface area (Å²) in [6.45, 7) is 3.37. The zero-order chi connectivity index (χ0) is 28.5. The van der Waals surface area contributed by atoms with Crippen molar-refractivity contribution in [3.8, 4) is 5.75 Å². The van der Waals surface area contributed by atoms with E-state index in [2.05, 4.69) is 20.0 Å². The molecule has 0 radical (unpaired) electrons. The molecule has 2 aromatic heterocycles. The summed E-state index contributed by atoms with van der Waals surface area (Å²) in [6.07, 6.45) is -5.17. The van der Waals surface area contributed by atoms with E-state index in [9.17, 15) is 24.4 Å². The predicted octanol–water partition coefficient (Wildman–Crippen LogP) is 0.752. The number of benzene rings is 1. The molecular formula is C22H28FN6O9P. The lowest BCUT2D eigenvalue weighted by molar-refractivity contribution is -0.202. The molecule has 3 aromatic rings. The summed E-state index contributed by atoms with van der Waals surface area (Å²) >= 11 is 0. The van der Waals surface area contributed by atoms with E-state index in [-0.39, 0.29) is 22.9 Å². The van der Waals surface area contributed by atoms with Crippen LogP contribution >= 0.6 is 7.75 Å². The molecule has 4 rings (SSSR count). The Morgan fingerprint density at radius 1 is 1.33 bits per heavy atom. The van der Waals surface area contributed by atoms with Crippen LogP contribution in [0.2, 0.25) is 0 Å². The Hall–Kier alpha value is -3.40. The number of anilines is 1. The molecule has 0 saturated carbocycles. The van der Waals surface area contributed by atoms with Crippen LogP contribution in [0.15, 0.2) is 41.5 Å². The maximum atomic E-state index is 15.9. The van der Waals surface area contributed by atoms with E-state index in [0.29, 0.717) is 0 Å². The predicted molar refractivity (Wildman–Crippen MR) is 133 cm³/mol.